The molecule has 2 fully saturated rings. The molecule has 1 aromatic carbocycles. The maximum absolute atomic E-state index is 13.6. The second-order valence-electron chi connectivity index (χ2n) is 10.4. The van der Waals surface area contributed by atoms with Gasteiger partial charge < -0.3 is 9.64 Å². The van der Waals surface area contributed by atoms with E-state index in [-0.39, 0.29) is 17.1 Å². The molecule has 1 aromatic heterocycles. The van der Waals surface area contributed by atoms with Crippen LogP contribution in [0.15, 0.2) is 41.3 Å². The van der Waals surface area contributed by atoms with E-state index in [4.69, 9.17) is 4.74 Å². The van der Waals surface area contributed by atoms with Crippen molar-refractivity contribution < 1.29 is 13.2 Å². The van der Waals surface area contributed by atoms with E-state index in [1.807, 2.05) is 35.2 Å². The molecule has 2 aliphatic rings. The van der Waals surface area contributed by atoms with Crippen LogP contribution in [0.1, 0.15) is 53.4 Å². The molecule has 9 heteroatoms. The number of para-hydroxylation sites is 1. The molecule has 0 radical (unpaired) electrons. The second-order valence-corrected chi connectivity index (χ2v) is 12.9. The third-order valence-corrected chi connectivity index (χ3v) is 9.17. The highest BCUT2D eigenvalue weighted by atomic mass is 32.2. The lowest BCUT2D eigenvalue weighted by Gasteiger charge is -2.38. The van der Waals surface area contributed by atoms with E-state index in [0.717, 1.165) is 25.7 Å². The Kier molecular flexibility index (Phi) is 7.05. The maximum atomic E-state index is 13.6. The third-order valence-electron chi connectivity index (χ3n) is 6.89. The van der Waals surface area contributed by atoms with Crippen molar-refractivity contribution in [2.24, 2.45) is 5.41 Å². The molecule has 4 rings (SSSR count). The van der Waals surface area contributed by atoms with Gasteiger partial charge in [-0.2, -0.15) is 14.1 Å². The molecule has 1 atom stereocenters. The number of ether oxygens (including phenoxy) is 1. The van der Waals surface area contributed by atoms with Gasteiger partial charge in [0, 0.05) is 26.2 Å². The van der Waals surface area contributed by atoms with Crippen LogP contribution < -0.4 is 15.2 Å². The summed E-state index contributed by atoms with van der Waals surface area (Å²) in [4.78, 5) is 15.7. The number of benzene rings is 1. The van der Waals surface area contributed by atoms with Crippen LogP contribution in [-0.4, -0.2) is 60.0 Å². The molecule has 8 nitrogen and oxygen atoms in total. The van der Waals surface area contributed by atoms with E-state index in [2.05, 4.69) is 18.9 Å². The Morgan fingerprint density at radius 1 is 1.09 bits per heavy atom. The predicted molar refractivity (Wildman–Crippen MR) is 134 cm³/mol. The molecule has 1 aliphatic carbocycles. The molecule has 1 aliphatic heterocycles. The first-order chi connectivity index (χ1) is 16.1. The van der Waals surface area contributed by atoms with Crippen LogP contribution in [0.5, 0.6) is 5.75 Å². The molecule has 0 spiro atoms. The van der Waals surface area contributed by atoms with E-state index in [1.54, 1.807) is 20.0 Å². The fourth-order valence-electron chi connectivity index (χ4n) is 4.90. The highest BCUT2D eigenvalue weighted by molar-refractivity contribution is 7.89. The summed E-state index contributed by atoms with van der Waals surface area (Å²) < 4.78 is 34.6. The van der Waals surface area contributed by atoms with Crippen molar-refractivity contribution in [1.82, 2.24) is 14.1 Å². The first-order valence-corrected chi connectivity index (χ1v) is 13.7. The average Bonchev–Trinajstić information content (AvgIpc) is 2.80. The van der Waals surface area contributed by atoms with Crippen molar-refractivity contribution in [3.05, 3.63) is 46.9 Å². The molecule has 1 unspecified atom stereocenters. The number of piperazine rings is 1. The van der Waals surface area contributed by atoms with Gasteiger partial charge in [0.1, 0.15) is 5.69 Å². The summed E-state index contributed by atoms with van der Waals surface area (Å²) in [5.74, 6) is 0.307. The third kappa shape index (κ3) is 5.15. The summed E-state index contributed by atoms with van der Waals surface area (Å²) in [5.41, 5.74) is 1.21. The quantitative estimate of drug-likeness (QED) is 0.619. The summed E-state index contributed by atoms with van der Waals surface area (Å²) in [6.07, 6.45) is 5.66. The second kappa shape index (κ2) is 9.70. The van der Waals surface area contributed by atoms with Crippen molar-refractivity contribution in [2.75, 3.05) is 31.1 Å². The van der Waals surface area contributed by atoms with Gasteiger partial charge in [-0.15, -0.1) is 0 Å². The van der Waals surface area contributed by atoms with Crippen molar-refractivity contribution in [2.45, 2.75) is 64.7 Å². The number of nitrogens with zero attached hydrogens (tertiary/aromatic N) is 4. The Bertz CT molecular complexity index is 1150. The van der Waals surface area contributed by atoms with Gasteiger partial charge in [0.05, 0.1) is 23.2 Å². The molecule has 0 bridgehead atoms. The summed E-state index contributed by atoms with van der Waals surface area (Å²) in [6, 6.07) is 9.33. The van der Waals surface area contributed by atoms with Crippen LogP contribution >= 0.6 is 0 Å². The summed E-state index contributed by atoms with van der Waals surface area (Å²) >= 11 is 0. The van der Waals surface area contributed by atoms with E-state index in [0.29, 0.717) is 43.3 Å². The number of hydrogen-bond donors (Lipinski definition) is 0. The lowest BCUT2D eigenvalue weighted by molar-refractivity contribution is 0.0836. The van der Waals surface area contributed by atoms with E-state index in [1.165, 1.54) is 8.99 Å². The monoisotopic (exact) mass is 488 g/mol. The zero-order valence-corrected chi connectivity index (χ0v) is 21.4. The molecular formula is C25H36N4O4S. The van der Waals surface area contributed by atoms with E-state index in [9.17, 15) is 13.2 Å². The Balaban J connectivity index is 1.66. The van der Waals surface area contributed by atoms with E-state index >= 15 is 0 Å². The fraction of sp³-hybridized carbons (Fsp3) is 0.600. The van der Waals surface area contributed by atoms with Crippen LogP contribution in [-0.2, 0) is 10.0 Å². The number of sulfonamides is 1. The predicted octanol–water partition coefficient (Wildman–Crippen LogP) is 3.44. The molecular weight excluding hydrogens is 452 g/mol. The molecule has 0 N–H and O–H groups in total. The largest absolute Gasteiger partial charge is 0.483 e. The molecule has 0 amide bonds. The van der Waals surface area contributed by atoms with Crippen LogP contribution in [0.3, 0.4) is 0 Å². The standard InChI is InChI=1S/C25H36N4O4S/c1-19(2)34(31,32)28-15-13-27(14-16-28)22-18-26-29(20-9-6-5-7-10-20)24(30)23(22)33-21-11-8-12-25(3,4)17-21/h5-7,9-10,18-19,21H,8,11-17H2,1-4H3. The first kappa shape index (κ1) is 24.7. The number of rotatable bonds is 6. The minimum Gasteiger partial charge on any atom is -0.483 e. The van der Waals surface area contributed by atoms with E-state index < -0.39 is 15.3 Å². The topological polar surface area (TPSA) is 84.7 Å². The Morgan fingerprint density at radius 3 is 2.38 bits per heavy atom. The SMILES string of the molecule is CC(C)S(=O)(=O)N1CCN(c2cnn(-c3ccccc3)c(=O)c2OC2CCCC(C)(C)C2)CC1. The fourth-order valence-corrected chi connectivity index (χ4v) is 6.16. The van der Waals surface area contributed by atoms with Crippen molar-refractivity contribution in [3.63, 3.8) is 0 Å². The average molecular weight is 489 g/mol. The van der Waals surface area contributed by atoms with Gasteiger partial charge in [0.25, 0.3) is 0 Å². The summed E-state index contributed by atoms with van der Waals surface area (Å²) in [6.45, 7) is 9.60. The van der Waals surface area contributed by atoms with Gasteiger partial charge in [-0.1, -0.05) is 32.0 Å². The zero-order chi connectivity index (χ0) is 24.5. The van der Waals surface area contributed by atoms with Crippen LogP contribution in [0.4, 0.5) is 5.69 Å². The van der Waals surface area contributed by atoms with Crippen LogP contribution in [0.2, 0.25) is 0 Å². The lowest BCUT2D eigenvalue weighted by Crippen LogP contribution is -2.51. The molecule has 186 valence electrons. The van der Waals surface area contributed by atoms with Gasteiger partial charge in [-0.25, -0.2) is 8.42 Å². The molecule has 2 aromatic rings. The highest BCUT2D eigenvalue weighted by Gasteiger charge is 2.33. The Hall–Kier alpha value is -2.39. The van der Waals surface area contributed by atoms with Gasteiger partial charge in [0.2, 0.25) is 15.8 Å². The van der Waals surface area contributed by atoms with Crippen LogP contribution in [0, 0.1) is 5.41 Å². The molecule has 34 heavy (non-hydrogen) atoms. The number of hydrogen-bond acceptors (Lipinski definition) is 6. The first-order valence-electron chi connectivity index (χ1n) is 12.2. The van der Waals surface area contributed by atoms with Crippen LogP contribution in [0.25, 0.3) is 5.69 Å². The number of anilines is 1. The Labute approximate surface area is 202 Å². The molecule has 2 heterocycles. The smallest absolute Gasteiger partial charge is 0.316 e. The minimum absolute atomic E-state index is 0.0376. The van der Waals surface area contributed by atoms with Gasteiger partial charge in [0.15, 0.2) is 0 Å². The van der Waals surface area contributed by atoms with Gasteiger partial charge >= 0.3 is 5.56 Å². The van der Waals surface area contributed by atoms with Crippen molar-refractivity contribution in [3.8, 4) is 11.4 Å². The molecule has 1 saturated carbocycles. The van der Waals surface area contributed by atoms with Gasteiger partial charge in [-0.05, 0) is 57.1 Å². The maximum Gasteiger partial charge on any atom is 0.316 e. The zero-order valence-electron chi connectivity index (χ0n) is 20.6. The van der Waals surface area contributed by atoms with Gasteiger partial charge in [-0.3, -0.25) is 4.79 Å². The Morgan fingerprint density at radius 2 is 1.76 bits per heavy atom. The van der Waals surface area contributed by atoms with Crippen molar-refractivity contribution in [1.29, 1.82) is 0 Å². The highest BCUT2D eigenvalue weighted by Crippen LogP contribution is 2.38. The minimum atomic E-state index is -3.31. The summed E-state index contributed by atoms with van der Waals surface area (Å²) in [7, 11) is -3.31. The van der Waals surface area contributed by atoms with Crippen molar-refractivity contribution >= 4 is 15.7 Å². The lowest BCUT2D eigenvalue weighted by atomic mass is 9.76. The number of aromatic nitrogens is 2. The summed E-state index contributed by atoms with van der Waals surface area (Å²) in [5, 5.41) is 4.00. The normalized spacial score (nSPS) is 21.6. The molecule has 1 saturated heterocycles.